The van der Waals surface area contributed by atoms with Gasteiger partial charge in [0.25, 0.3) is 0 Å². The van der Waals surface area contributed by atoms with Gasteiger partial charge in [-0.25, -0.2) is 0 Å². The minimum Gasteiger partial charge on any atom is -0.361 e. The summed E-state index contributed by atoms with van der Waals surface area (Å²) in [7, 11) is 4.49. The van der Waals surface area contributed by atoms with Gasteiger partial charge in [0.05, 0.1) is 0 Å². The van der Waals surface area contributed by atoms with Crippen LogP contribution in [0, 0.1) is 0 Å². The second kappa shape index (κ2) is 11.9. The lowest BCUT2D eigenvalue weighted by molar-refractivity contribution is 0.309. The van der Waals surface area contributed by atoms with Gasteiger partial charge in [-0.3, -0.25) is 0 Å². The maximum atomic E-state index is 3.87. The number of aromatic nitrogens is 2. The van der Waals surface area contributed by atoms with Gasteiger partial charge in [-0.05, 0) is 113 Å². The molecule has 2 aliphatic rings. The lowest BCUT2D eigenvalue weighted by Crippen LogP contribution is -2.26. The number of fused-ring (bicyclic) bond motifs is 2. The molecule has 2 aromatic carbocycles. The van der Waals surface area contributed by atoms with Gasteiger partial charge in [0.15, 0.2) is 0 Å². The van der Waals surface area contributed by atoms with Crippen molar-refractivity contribution in [2.45, 2.75) is 57.2 Å². The number of rotatable bonds is 6. The van der Waals surface area contributed by atoms with E-state index in [1.807, 2.05) is 6.08 Å². The molecule has 4 nitrogen and oxygen atoms in total. The van der Waals surface area contributed by atoms with E-state index in [-0.39, 0.29) is 0 Å². The first-order valence-electron chi connectivity index (χ1n) is 13.5. The second-order valence-corrected chi connectivity index (χ2v) is 12.6. The lowest BCUT2D eigenvalue weighted by atomic mass is 10.0. The van der Waals surface area contributed by atoms with E-state index in [0.717, 1.165) is 28.3 Å². The van der Waals surface area contributed by atoms with Gasteiger partial charge in [-0.15, -0.1) is 6.58 Å². The molecule has 2 fully saturated rings. The van der Waals surface area contributed by atoms with Crippen LogP contribution in [0.5, 0.6) is 0 Å². The summed E-state index contributed by atoms with van der Waals surface area (Å²) in [6.45, 7) is 7.22. The van der Waals surface area contributed by atoms with Crippen molar-refractivity contribution < 1.29 is 0 Å². The Morgan fingerprint density at radius 1 is 0.892 bits per heavy atom. The molecule has 0 spiro atoms. The average molecular weight is 626 g/mol. The fourth-order valence-electron chi connectivity index (χ4n) is 6.10. The number of aromatic amines is 1. The van der Waals surface area contributed by atoms with Crippen molar-refractivity contribution >= 4 is 53.7 Å². The summed E-state index contributed by atoms with van der Waals surface area (Å²) in [5, 5.41) is 2.74. The molecule has 4 heterocycles. The van der Waals surface area contributed by atoms with E-state index >= 15 is 0 Å². The van der Waals surface area contributed by atoms with Crippen molar-refractivity contribution in [1.29, 1.82) is 0 Å². The number of halogens is 2. The highest BCUT2D eigenvalue weighted by molar-refractivity contribution is 9.10. The second-order valence-electron chi connectivity index (χ2n) is 10.7. The predicted octanol–water partition coefficient (Wildman–Crippen LogP) is 7.79. The van der Waals surface area contributed by atoms with Crippen molar-refractivity contribution in [3.8, 4) is 0 Å². The molecule has 0 saturated carbocycles. The average Bonchev–Trinajstić information content (AvgIpc) is 3.65. The van der Waals surface area contributed by atoms with E-state index < -0.39 is 0 Å². The summed E-state index contributed by atoms with van der Waals surface area (Å²) in [6, 6.07) is 14.4. The Morgan fingerprint density at radius 2 is 1.51 bits per heavy atom. The molecular weight excluding hydrogens is 588 g/mol. The van der Waals surface area contributed by atoms with E-state index in [1.165, 1.54) is 71.7 Å². The number of nitrogens with one attached hydrogen (secondary N) is 1. The molecule has 6 rings (SSSR count). The number of likely N-dealkylation sites (N-methyl/N-ethyl adjacent to an activating group) is 2. The van der Waals surface area contributed by atoms with Crippen LogP contribution in [0.15, 0.2) is 70.4 Å². The summed E-state index contributed by atoms with van der Waals surface area (Å²) in [6.07, 6.45) is 14.1. The molecule has 0 unspecified atom stereocenters. The van der Waals surface area contributed by atoms with E-state index in [1.54, 1.807) is 0 Å². The molecule has 0 bridgehead atoms. The topological polar surface area (TPSA) is 27.2 Å². The van der Waals surface area contributed by atoms with Gasteiger partial charge in [-0.2, -0.15) is 0 Å². The first kappa shape index (κ1) is 26.7. The molecule has 0 aliphatic carbocycles. The Balaban J connectivity index is 0.000000153. The predicted molar refractivity (Wildman–Crippen MR) is 165 cm³/mol. The van der Waals surface area contributed by atoms with Crippen molar-refractivity contribution in [2.75, 3.05) is 27.2 Å². The number of hydrogen-bond donors (Lipinski definition) is 1. The van der Waals surface area contributed by atoms with Crippen LogP contribution in [0.25, 0.3) is 21.8 Å². The lowest BCUT2D eigenvalue weighted by Gasteiger charge is -2.18. The van der Waals surface area contributed by atoms with Crippen LogP contribution in [-0.2, 0) is 19.4 Å². The first-order valence-corrected chi connectivity index (χ1v) is 15.1. The van der Waals surface area contributed by atoms with Gasteiger partial charge in [0.2, 0.25) is 0 Å². The van der Waals surface area contributed by atoms with Crippen molar-refractivity contribution in [2.24, 2.45) is 0 Å². The maximum absolute atomic E-state index is 3.87. The zero-order valence-electron chi connectivity index (χ0n) is 22.0. The fraction of sp³-hybridized carbons (Fsp3) is 0.419. The third-order valence-electron chi connectivity index (χ3n) is 8.24. The highest BCUT2D eigenvalue weighted by Gasteiger charge is 2.23. The number of likely N-dealkylation sites (tertiary alicyclic amines) is 2. The van der Waals surface area contributed by atoms with Crippen molar-refractivity contribution in [1.82, 2.24) is 19.4 Å². The fourth-order valence-corrected chi connectivity index (χ4v) is 6.82. The van der Waals surface area contributed by atoms with Crippen LogP contribution in [-0.4, -0.2) is 58.6 Å². The normalized spacial score (nSPS) is 20.5. The van der Waals surface area contributed by atoms with Crippen molar-refractivity contribution in [3.05, 3.63) is 81.5 Å². The molecule has 0 radical (unpaired) electrons. The molecule has 1 N–H and O–H groups in total. The molecule has 37 heavy (non-hydrogen) atoms. The van der Waals surface area contributed by atoms with Crippen molar-refractivity contribution in [3.63, 3.8) is 0 Å². The Morgan fingerprint density at radius 3 is 2.14 bits per heavy atom. The number of H-pyrrole nitrogens is 1. The van der Waals surface area contributed by atoms with Gasteiger partial charge < -0.3 is 19.4 Å². The third-order valence-corrected chi connectivity index (χ3v) is 9.22. The molecule has 2 aliphatic heterocycles. The zero-order chi connectivity index (χ0) is 25.9. The molecule has 2 saturated heterocycles. The van der Waals surface area contributed by atoms with Gasteiger partial charge in [0.1, 0.15) is 0 Å². The summed E-state index contributed by atoms with van der Waals surface area (Å²) in [5.41, 5.74) is 5.45. The number of benzene rings is 2. The van der Waals surface area contributed by atoms with E-state index in [9.17, 15) is 0 Å². The Bertz CT molecular complexity index is 1370. The van der Waals surface area contributed by atoms with Gasteiger partial charge in [0, 0.05) is 61.8 Å². The molecular formula is C31H38Br2N4. The minimum absolute atomic E-state index is 0.691. The molecule has 4 aromatic rings. The summed E-state index contributed by atoms with van der Waals surface area (Å²) >= 11 is 7.15. The zero-order valence-corrected chi connectivity index (χ0v) is 25.2. The quantitative estimate of drug-likeness (QED) is 0.221. The number of nitrogens with zero attached hydrogens (tertiary/aromatic N) is 3. The summed E-state index contributed by atoms with van der Waals surface area (Å²) in [4.78, 5) is 8.34. The van der Waals surface area contributed by atoms with Gasteiger partial charge >= 0.3 is 0 Å². The van der Waals surface area contributed by atoms with Crippen LogP contribution in [0.3, 0.4) is 0 Å². The Kier molecular flexibility index (Phi) is 8.60. The standard InChI is InChI=1S/C17H21BrN2.C14H17BrN2/c1-3-8-20-12-13(10-15-5-4-9-19(15)2)16-11-14(18)6-7-17(16)20;1-17-6-2-3-12(17)7-10-9-16-14-5-4-11(15)8-13(10)14/h3,6-7,11-12,15H,1,4-5,8-10H2,2H3;4-5,8-9,12,16H,2-3,6-7H2,1H3/t15-;12-/m11/s1. The molecule has 0 amide bonds. The van der Waals surface area contributed by atoms with Crippen LogP contribution >= 0.6 is 31.9 Å². The van der Waals surface area contributed by atoms with Crippen LogP contribution in [0.1, 0.15) is 36.8 Å². The monoisotopic (exact) mass is 624 g/mol. The molecule has 2 atom stereocenters. The summed E-state index contributed by atoms with van der Waals surface area (Å²) < 4.78 is 4.62. The highest BCUT2D eigenvalue weighted by atomic mass is 79.9. The Hall–Kier alpha value is -1.86. The molecule has 6 heteroatoms. The molecule has 196 valence electrons. The minimum atomic E-state index is 0.691. The van der Waals surface area contributed by atoms with Gasteiger partial charge in [-0.1, -0.05) is 37.9 Å². The number of allylic oxidation sites excluding steroid dienone is 1. The summed E-state index contributed by atoms with van der Waals surface area (Å²) in [5.74, 6) is 0. The van der Waals surface area contributed by atoms with E-state index in [0.29, 0.717) is 12.1 Å². The van der Waals surface area contributed by atoms with E-state index in [4.69, 9.17) is 0 Å². The third kappa shape index (κ3) is 6.08. The molecule has 2 aromatic heterocycles. The van der Waals surface area contributed by atoms with Crippen LogP contribution in [0.2, 0.25) is 0 Å². The number of hydrogen-bond acceptors (Lipinski definition) is 2. The van der Waals surface area contributed by atoms with E-state index in [2.05, 4.69) is 121 Å². The van der Waals surface area contributed by atoms with Crippen LogP contribution in [0.4, 0.5) is 0 Å². The first-order chi connectivity index (χ1) is 17.9. The highest BCUT2D eigenvalue weighted by Crippen LogP contribution is 2.29. The largest absolute Gasteiger partial charge is 0.361 e. The van der Waals surface area contributed by atoms with Crippen LogP contribution < -0.4 is 0 Å². The Labute approximate surface area is 238 Å². The smallest absolute Gasteiger partial charge is 0.0486 e. The maximum Gasteiger partial charge on any atom is 0.0486 e. The SMILES string of the molecule is C=CCn1cc(C[C@H]2CCCN2C)c2cc(Br)ccc21.CN1CCC[C@@H]1Cc1c[nH]c2ccc(Br)cc12.